The van der Waals surface area contributed by atoms with Gasteiger partial charge in [0, 0.05) is 24.9 Å². The van der Waals surface area contributed by atoms with Gasteiger partial charge in [0.1, 0.15) is 4.88 Å². The topological polar surface area (TPSA) is 105 Å². The lowest BCUT2D eigenvalue weighted by atomic mass is 9.96. The Hall–Kier alpha value is -2.03. The van der Waals surface area contributed by atoms with E-state index in [2.05, 4.69) is 19.8 Å². The van der Waals surface area contributed by atoms with Crippen LogP contribution in [0, 0.1) is 0 Å². The second-order valence-electron chi connectivity index (χ2n) is 5.78. The van der Waals surface area contributed by atoms with Crippen molar-refractivity contribution in [2.45, 2.75) is 37.5 Å². The molecule has 0 radical (unpaired) electrons. The Morgan fingerprint density at radius 1 is 1.23 bits per heavy atom. The lowest BCUT2D eigenvalue weighted by molar-refractivity contribution is 0.0709. The Bertz CT molecular complexity index is 739. The first kappa shape index (κ1) is 13.6. The SMILES string of the molecule is O=C(c1snnc1C1CC1)N1CCC(c2n[nH]c(=O)o2)CC1. The third-order valence-corrected chi connectivity index (χ3v) is 4.99. The summed E-state index contributed by atoms with van der Waals surface area (Å²) < 4.78 is 8.95. The van der Waals surface area contributed by atoms with Crippen LogP contribution in [0.3, 0.4) is 0 Å². The van der Waals surface area contributed by atoms with Crippen molar-refractivity contribution in [2.24, 2.45) is 0 Å². The number of piperidine rings is 1. The number of rotatable bonds is 3. The standard InChI is InChI=1S/C13H15N5O3S/c19-12(10-9(7-1-2-7)14-17-22-10)18-5-3-8(4-6-18)11-15-16-13(20)21-11/h7-8H,1-6H2,(H,16,20). The second-order valence-corrected chi connectivity index (χ2v) is 6.53. The predicted octanol–water partition coefficient (Wildman–Crippen LogP) is 1.11. The molecule has 1 aliphatic heterocycles. The summed E-state index contributed by atoms with van der Waals surface area (Å²) in [5, 5.41) is 10.3. The number of nitrogens with zero attached hydrogens (tertiary/aromatic N) is 4. The van der Waals surface area contributed by atoms with Crippen molar-refractivity contribution in [3.63, 3.8) is 0 Å². The predicted molar refractivity (Wildman–Crippen MR) is 76.9 cm³/mol. The number of carbonyl (C=O) groups excluding carboxylic acids is 1. The number of carbonyl (C=O) groups is 1. The van der Waals surface area contributed by atoms with Gasteiger partial charge in [0.15, 0.2) is 0 Å². The third-order valence-electron chi connectivity index (χ3n) is 4.26. The zero-order valence-electron chi connectivity index (χ0n) is 11.8. The molecule has 1 saturated heterocycles. The van der Waals surface area contributed by atoms with Crippen molar-refractivity contribution >= 4 is 17.4 Å². The lowest BCUT2D eigenvalue weighted by Crippen LogP contribution is -2.38. The van der Waals surface area contributed by atoms with Gasteiger partial charge in [0.2, 0.25) is 5.89 Å². The molecular weight excluding hydrogens is 306 g/mol. The number of hydrogen-bond acceptors (Lipinski definition) is 7. The van der Waals surface area contributed by atoms with Crippen LogP contribution in [0.1, 0.15) is 58.8 Å². The van der Waals surface area contributed by atoms with E-state index in [0.717, 1.165) is 31.4 Å². The number of aromatic nitrogens is 4. The number of likely N-dealkylation sites (tertiary alicyclic amines) is 1. The Balaban J connectivity index is 1.43. The van der Waals surface area contributed by atoms with E-state index in [1.54, 1.807) is 0 Å². The molecule has 1 N–H and O–H groups in total. The molecule has 0 spiro atoms. The minimum atomic E-state index is -0.529. The quantitative estimate of drug-likeness (QED) is 0.908. The highest BCUT2D eigenvalue weighted by atomic mass is 32.1. The van der Waals surface area contributed by atoms with Crippen molar-refractivity contribution in [3.8, 4) is 0 Å². The van der Waals surface area contributed by atoms with Gasteiger partial charge in [-0.15, -0.1) is 10.2 Å². The van der Waals surface area contributed by atoms with Crippen LogP contribution in [0.15, 0.2) is 9.21 Å². The monoisotopic (exact) mass is 321 g/mol. The van der Waals surface area contributed by atoms with Gasteiger partial charge in [0.25, 0.3) is 5.91 Å². The molecule has 2 aliphatic rings. The zero-order chi connectivity index (χ0) is 15.1. The van der Waals surface area contributed by atoms with Gasteiger partial charge in [-0.1, -0.05) is 4.49 Å². The fourth-order valence-electron chi connectivity index (χ4n) is 2.86. The largest absolute Gasteiger partial charge is 0.434 e. The van der Waals surface area contributed by atoms with E-state index in [0.29, 0.717) is 29.8 Å². The van der Waals surface area contributed by atoms with E-state index in [1.165, 1.54) is 11.5 Å². The van der Waals surface area contributed by atoms with Crippen molar-refractivity contribution in [2.75, 3.05) is 13.1 Å². The molecule has 1 aliphatic carbocycles. The first-order chi connectivity index (χ1) is 10.7. The minimum Gasteiger partial charge on any atom is -0.392 e. The molecule has 0 aromatic carbocycles. The molecule has 9 heteroatoms. The molecule has 0 atom stereocenters. The van der Waals surface area contributed by atoms with Crippen LogP contribution in [0.25, 0.3) is 0 Å². The normalized spacial score (nSPS) is 19.5. The average Bonchev–Trinajstić information content (AvgIpc) is 3.10. The van der Waals surface area contributed by atoms with Gasteiger partial charge in [-0.25, -0.2) is 9.89 Å². The van der Waals surface area contributed by atoms with Crippen molar-refractivity contribution in [3.05, 3.63) is 27.0 Å². The third kappa shape index (κ3) is 2.45. The molecule has 3 heterocycles. The van der Waals surface area contributed by atoms with E-state index in [-0.39, 0.29) is 11.8 Å². The van der Waals surface area contributed by atoms with Crippen LogP contribution < -0.4 is 5.76 Å². The number of aromatic amines is 1. The fourth-order valence-corrected chi connectivity index (χ4v) is 3.58. The Morgan fingerprint density at radius 3 is 2.64 bits per heavy atom. The summed E-state index contributed by atoms with van der Waals surface area (Å²) in [5.41, 5.74) is 0.871. The Morgan fingerprint density at radius 2 is 2.00 bits per heavy atom. The first-order valence-electron chi connectivity index (χ1n) is 7.39. The van der Waals surface area contributed by atoms with E-state index in [9.17, 15) is 9.59 Å². The number of nitrogens with one attached hydrogen (secondary N) is 1. The summed E-state index contributed by atoms with van der Waals surface area (Å²) in [6, 6.07) is 0. The van der Waals surface area contributed by atoms with Crippen LogP contribution in [-0.4, -0.2) is 43.7 Å². The fraction of sp³-hybridized carbons (Fsp3) is 0.615. The van der Waals surface area contributed by atoms with Crippen LogP contribution in [-0.2, 0) is 0 Å². The van der Waals surface area contributed by atoms with Crippen LogP contribution in [0.2, 0.25) is 0 Å². The molecule has 8 nitrogen and oxygen atoms in total. The molecule has 0 bridgehead atoms. The van der Waals surface area contributed by atoms with Gasteiger partial charge in [-0.05, 0) is 37.2 Å². The summed E-state index contributed by atoms with van der Waals surface area (Å²) in [4.78, 5) is 26.2. The highest BCUT2D eigenvalue weighted by Gasteiger charge is 2.34. The number of amides is 1. The molecule has 1 amide bonds. The summed E-state index contributed by atoms with van der Waals surface area (Å²) in [5.74, 6) is 0.450. The average molecular weight is 321 g/mol. The van der Waals surface area contributed by atoms with Crippen LogP contribution >= 0.6 is 11.5 Å². The number of H-pyrrole nitrogens is 1. The first-order valence-corrected chi connectivity index (χ1v) is 8.16. The molecule has 4 rings (SSSR count). The maximum atomic E-state index is 12.6. The highest BCUT2D eigenvalue weighted by Crippen LogP contribution is 2.41. The molecule has 2 aromatic heterocycles. The van der Waals surface area contributed by atoms with Gasteiger partial charge in [-0.2, -0.15) is 0 Å². The molecular formula is C13H15N5O3S. The highest BCUT2D eigenvalue weighted by molar-refractivity contribution is 7.08. The van der Waals surface area contributed by atoms with Crippen molar-refractivity contribution < 1.29 is 9.21 Å². The van der Waals surface area contributed by atoms with Crippen molar-refractivity contribution in [1.82, 2.24) is 24.7 Å². The lowest BCUT2D eigenvalue weighted by Gasteiger charge is -2.30. The molecule has 2 aromatic rings. The second kappa shape index (κ2) is 5.31. The molecule has 22 heavy (non-hydrogen) atoms. The van der Waals surface area contributed by atoms with E-state index >= 15 is 0 Å². The zero-order valence-corrected chi connectivity index (χ0v) is 12.6. The van der Waals surface area contributed by atoms with Gasteiger partial charge in [-0.3, -0.25) is 4.79 Å². The minimum absolute atomic E-state index is 0.0267. The van der Waals surface area contributed by atoms with Gasteiger partial charge in [0.05, 0.1) is 5.69 Å². The maximum Gasteiger partial charge on any atom is 0.434 e. The van der Waals surface area contributed by atoms with Crippen LogP contribution in [0.5, 0.6) is 0 Å². The van der Waals surface area contributed by atoms with E-state index < -0.39 is 5.76 Å². The van der Waals surface area contributed by atoms with Crippen molar-refractivity contribution in [1.29, 1.82) is 0 Å². The van der Waals surface area contributed by atoms with E-state index in [1.807, 2.05) is 4.90 Å². The molecule has 2 fully saturated rings. The molecule has 116 valence electrons. The summed E-state index contributed by atoms with van der Waals surface area (Å²) >= 11 is 1.19. The molecule has 1 saturated carbocycles. The summed E-state index contributed by atoms with van der Waals surface area (Å²) in [6.45, 7) is 1.25. The molecule has 0 unspecified atom stereocenters. The Labute approximate surface area is 129 Å². The van der Waals surface area contributed by atoms with Crippen LogP contribution in [0.4, 0.5) is 0 Å². The summed E-state index contributed by atoms with van der Waals surface area (Å²) in [7, 11) is 0. The smallest absolute Gasteiger partial charge is 0.392 e. The number of hydrogen-bond donors (Lipinski definition) is 1. The van der Waals surface area contributed by atoms with Gasteiger partial charge < -0.3 is 9.32 Å². The van der Waals surface area contributed by atoms with Gasteiger partial charge >= 0.3 is 5.76 Å². The Kier molecular flexibility index (Phi) is 3.29. The maximum absolute atomic E-state index is 12.6. The summed E-state index contributed by atoms with van der Waals surface area (Å²) in [6.07, 6.45) is 3.69. The van der Waals surface area contributed by atoms with E-state index in [4.69, 9.17) is 4.42 Å².